The van der Waals surface area contributed by atoms with Crippen LogP contribution in [-0.4, -0.2) is 104 Å². The summed E-state index contributed by atoms with van der Waals surface area (Å²) in [5, 5.41) is 14.5. The maximum atomic E-state index is 14.0. The first-order chi connectivity index (χ1) is 22.4. The normalized spacial score (nSPS) is 33.6. The third-order valence-electron chi connectivity index (χ3n) is 9.98. The number of nitrogens with zero attached hydrogens (tertiary/aromatic N) is 2. The molecular formula is C35H50ClN3O9. The van der Waals surface area contributed by atoms with Gasteiger partial charge in [-0.1, -0.05) is 42.3 Å². The summed E-state index contributed by atoms with van der Waals surface area (Å²) in [7, 11) is 6.41. The lowest BCUT2D eigenvalue weighted by molar-refractivity contribution is -0.159. The lowest BCUT2D eigenvalue weighted by atomic mass is 9.83. The van der Waals surface area contributed by atoms with Crippen LogP contribution < -0.4 is 15.0 Å². The molecule has 3 heterocycles. The van der Waals surface area contributed by atoms with Gasteiger partial charge < -0.3 is 33.7 Å². The highest BCUT2D eigenvalue weighted by molar-refractivity contribution is 6.35. The summed E-state index contributed by atoms with van der Waals surface area (Å²) in [6.45, 7) is 11.2. The zero-order valence-corrected chi connectivity index (χ0v) is 30.3. The van der Waals surface area contributed by atoms with Crippen LogP contribution in [-0.2, 0) is 35.0 Å². The van der Waals surface area contributed by atoms with Gasteiger partial charge in [0.1, 0.15) is 40.7 Å². The zero-order valence-electron chi connectivity index (χ0n) is 29.5. The first-order valence-electron chi connectivity index (χ1n) is 16.3. The van der Waals surface area contributed by atoms with E-state index >= 15 is 0 Å². The van der Waals surface area contributed by atoms with E-state index < -0.39 is 59.8 Å². The molecule has 1 aromatic carbocycles. The third-order valence-corrected chi connectivity index (χ3v) is 10.4. The topological polar surface area (TPSA) is 139 Å². The van der Waals surface area contributed by atoms with Crippen molar-refractivity contribution in [3.05, 3.63) is 46.5 Å². The molecule has 0 aliphatic carbocycles. The summed E-state index contributed by atoms with van der Waals surface area (Å²) in [4.78, 5) is 43.6. The number of halogens is 1. The van der Waals surface area contributed by atoms with Gasteiger partial charge in [-0.15, -0.1) is 0 Å². The minimum absolute atomic E-state index is 0.00609. The van der Waals surface area contributed by atoms with Crippen LogP contribution in [0, 0.1) is 5.92 Å². The quantitative estimate of drug-likeness (QED) is 0.326. The van der Waals surface area contributed by atoms with Crippen LogP contribution in [0.3, 0.4) is 0 Å². The number of allylic oxidation sites excluding steroid dienone is 3. The predicted octanol–water partition coefficient (Wildman–Crippen LogP) is 4.40. The molecule has 2 saturated heterocycles. The van der Waals surface area contributed by atoms with E-state index in [9.17, 15) is 19.5 Å². The number of ether oxygens (including phenoxy) is 5. The van der Waals surface area contributed by atoms with Crippen molar-refractivity contribution in [3.8, 4) is 5.75 Å². The molecule has 2 amide bonds. The van der Waals surface area contributed by atoms with E-state index in [1.165, 1.54) is 19.1 Å². The number of benzene rings is 1. The molecule has 8 atom stereocenters. The second-order valence-electron chi connectivity index (χ2n) is 13.7. The average Bonchev–Trinajstić information content (AvgIpc) is 3.73. The molecular weight excluding hydrogens is 642 g/mol. The molecule has 4 bridgehead atoms. The number of esters is 1. The van der Waals surface area contributed by atoms with Crippen molar-refractivity contribution in [2.45, 2.75) is 109 Å². The predicted molar refractivity (Wildman–Crippen MR) is 181 cm³/mol. The van der Waals surface area contributed by atoms with Crippen LogP contribution in [0.5, 0.6) is 5.75 Å². The van der Waals surface area contributed by atoms with Gasteiger partial charge in [0.05, 0.1) is 25.3 Å². The van der Waals surface area contributed by atoms with E-state index in [1.54, 1.807) is 33.0 Å². The number of carbonyl (C=O) groups excluding carboxylic acids is 3. The maximum Gasteiger partial charge on any atom is 0.409 e. The molecule has 8 unspecified atom stereocenters. The molecule has 2 N–H and O–H groups in total. The Morgan fingerprint density at radius 3 is 2.54 bits per heavy atom. The number of rotatable bonds is 6. The maximum absolute atomic E-state index is 14.0. The molecule has 0 spiro atoms. The number of epoxide rings is 1. The van der Waals surface area contributed by atoms with Gasteiger partial charge in [-0.3, -0.25) is 19.8 Å². The van der Waals surface area contributed by atoms with Crippen LogP contribution in [0.4, 0.5) is 10.5 Å². The molecule has 0 saturated carbocycles. The van der Waals surface area contributed by atoms with E-state index in [0.29, 0.717) is 17.9 Å². The summed E-state index contributed by atoms with van der Waals surface area (Å²) in [6.07, 6.45) is 1.52. The van der Waals surface area contributed by atoms with E-state index in [4.69, 9.17) is 35.3 Å². The summed E-state index contributed by atoms with van der Waals surface area (Å²) in [6, 6.07) is 3.11. The van der Waals surface area contributed by atoms with E-state index in [2.05, 4.69) is 5.32 Å². The van der Waals surface area contributed by atoms with Gasteiger partial charge in [-0.25, -0.2) is 4.79 Å². The van der Waals surface area contributed by atoms with Gasteiger partial charge in [0.15, 0.2) is 5.72 Å². The number of alkyl carbamates (subject to hydrolysis) is 1. The number of carbonyl (C=O) groups is 3. The number of amides is 2. The second-order valence-corrected chi connectivity index (χ2v) is 14.0. The van der Waals surface area contributed by atoms with Crippen molar-refractivity contribution in [1.29, 1.82) is 0 Å². The summed E-state index contributed by atoms with van der Waals surface area (Å²) >= 11 is 6.74. The Labute approximate surface area is 288 Å². The van der Waals surface area contributed by atoms with Crippen LogP contribution >= 0.6 is 11.6 Å². The molecule has 48 heavy (non-hydrogen) atoms. The number of nitrogens with one attached hydrogen (secondary N) is 1. The number of likely N-dealkylation sites (N-methyl/N-ethyl adjacent to an activating group) is 1. The van der Waals surface area contributed by atoms with Crippen molar-refractivity contribution < 1.29 is 43.2 Å². The molecule has 266 valence electrons. The Morgan fingerprint density at radius 2 is 1.92 bits per heavy atom. The number of methoxy groups -OCH3 is 2. The average molecular weight is 692 g/mol. The van der Waals surface area contributed by atoms with E-state index in [1.807, 2.05) is 57.9 Å². The van der Waals surface area contributed by atoms with Gasteiger partial charge in [0, 0.05) is 32.5 Å². The lowest BCUT2D eigenvalue weighted by Gasteiger charge is -2.42. The molecule has 12 nitrogen and oxygen atoms in total. The third kappa shape index (κ3) is 7.83. The lowest BCUT2D eigenvalue weighted by Crippen LogP contribution is -2.63. The number of hydrogen-bond acceptors (Lipinski definition) is 10. The number of anilines is 1. The van der Waals surface area contributed by atoms with Crippen LogP contribution in [0.15, 0.2) is 35.9 Å². The zero-order chi connectivity index (χ0) is 35.7. The fourth-order valence-electron chi connectivity index (χ4n) is 6.46. The first kappa shape index (κ1) is 37.7. The SMILES string of the molecule is COc1cc2cc(c1Cl)N(C)C(=O)CC(OC(=O)C(C)N(C)C(C)C)C1(C)OC1C(C)C1CC(O)(NC(=O)O1)C(OC)/C=C/C=C(\C)C2. The van der Waals surface area contributed by atoms with Gasteiger partial charge in [-0.2, -0.15) is 0 Å². The summed E-state index contributed by atoms with van der Waals surface area (Å²) < 4.78 is 29.2. The highest BCUT2D eigenvalue weighted by atomic mass is 35.5. The highest BCUT2D eigenvalue weighted by Gasteiger charge is 2.64. The summed E-state index contributed by atoms with van der Waals surface area (Å²) in [5.74, 6) is -0.920. The Hall–Kier alpha value is -3.16. The molecule has 3 aliphatic rings. The van der Waals surface area contributed by atoms with Gasteiger partial charge in [0.25, 0.3) is 0 Å². The Morgan fingerprint density at radius 1 is 1.23 bits per heavy atom. The Kier molecular flexibility index (Phi) is 11.6. The minimum atomic E-state index is -1.78. The Balaban J connectivity index is 1.79. The van der Waals surface area contributed by atoms with Crippen molar-refractivity contribution in [2.75, 3.05) is 33.2 Å². The molecule has 0 radical (unpaired) electrons. The van der Waals surface area contributed by atoms with Crippen LogP contribution in [0.2, 0.25) is 5.02 Å². The molecule has 13 heteroatoms. The highest BCUT2D eigenvalue weighted by Crippen LogP contribution is 2.49. The van der Waals surface area contributed by atoms with Gasteiger partial charge >= 0.3 is 12.1 Å². The van der Waals surface area contributed by atoms with Crippen molar-refractivity contribution >= 4 is 35.3 Å². The fraction of sp³-hybridized carbons (Fsp3) is 0.629. The molecule has 3 aliphatic heterocycles. The van der Waals surface area contributed by atoms with Crippen LogP contribution in [0.25, 0.3) is 0 Å². The minimum Gasteiger partial charge on any atom is -0.495 e. The van der Waals surface area contributed by atoms with Gasteiger partial charge in [0.2, 0.25) is 5.91 Å². The molecule has 0 aromatic heterocycles. The molecule has 1 aromatic rings. The van der Waals surface area contributed by atoms with Crippen molar-refractivity contribution in [2.24, 2.45) is 5.92 Å². The standard InChI is InChI=1S/C35H50ClN3O9/c1-19(2)38(7)22(5)32(41)47-28-17-29(40)39(8)24-15-23(16-25(44-9)30(24)36)14-20(3)12-11-13-27(45-10)35(43)18-26(46-33(42)37-35)21(4)31-34(28,6)48-31/h11-13,15-16,19,21-22,26-28,31,43H,14,17-18H2,1-10H3,(H,37,42)/b13-11+,20-12+. The number of hydrogen-bond donors (Lipinski definition) is 2. The van der Waals surface area contributed by atoms with Crippen molar-refractivity contribution in [3.63, 3.8) is 0 Å². The van der Waals surface area contributed by atoms with Crippen molar-refractivity contribution in [1.82, 2.24) is 10.2 Å². The molecule has 2 fully saturated rings. The smallest absolute Gasteiger partial charge is 0.409 e. The van der Waals surface area contributed by atoms with E-state index in [-0.39, 0.29) is 29.8 Å². The van der Waals surface area contributed by atoms with Gasteiger partial charge in [-0.05, 0) is 65.8 Å². The number of aliphatic hydroxyl groups is 1. The summed E-state index contributed by atoms with van der Waals surface area (Å²) in [5.41, 5.74) is -0.654. The second kappa shape index (κ2) is 14.8. The number of fused-ring (bicyclic) bond motifs is 5. The van der Waals surface area contributed by atoms with Crippen LogP contribution in [0.1, 0.15) is 59.9 Å². The first-order valence-corrected chi connectivity index (χ1v) is 16.6. The largest absolute Gasteiger partial charge is 0.495 e. The monoisotopic (exact) mass is 691 g/mol. The fourth-order valence-corrected chi connectivity index (χ4v) is 6.77. The Bertz CT molecular complexity index is 1450. The van der Waals surface area contributed by atoms with E-state index in [0.717, 1.165) is 11.1 Å². The molecule has 4 rings (SSSR count).